The molecule has 0 saturated carbocycles. The van der Waals surface area contributed by atoms with Crippen LogP contribution in [0.15, 0.2) is 12.3 Å². The topological polar surface area (TPSA) is 25.4 Å². The van der Waals surface area contributed by atoms with E-state index < -0.39 is 11.7 Å². The summed E-state index contributed by atoms with van der Waals surface area (Å²) in [5.74, 6) is 0.377. The van der Waals surface area contributed by atoms with Crippen LogP contribution < -0.4 is 4.90 Å². The molecule has 1 unspecified atom stereocenters. The smallest absolute Gasteiger partial charge is 0.372 e. The maximum atomic E-state index is 12.6. The number of rotatable bonds is 2. The third-order valence-electron chi connectivity index (χ3n) is 3.53. The van der Waals surface area contributed by atoms with Crippen molar-refractivity contribution in [3.8, 4) is 0 Å². The van der Waals surface area contributed by atoms with Gasteiger partial charge < -0.3 is 9.64 Å². The van der Waals surface area contributed by atoms with Crippen LogP contribution in [-0.2, 0) is 10.9 Å². The fraction of sp³-hybridized carbons (Fsp3) is 0.615. The van der Waals surface area contributed by atoms with Crippen LogP contribution in [0.25, 0.3) is 0 Å². The molecule has 0 N–H and O–H groups in total. The first kappa shape index (κ1) is 15.4. The summed E-state index contributed by atoms with van der Waals surface area (Å²) in [6, 6.07) is 0.919. The van der Waals surface area contributed by atoms with Gasteiger partial charge in [-0.2, -0.15) is 13.2 Å². The Balaban J connectivity index is 2.25. The molecule has 0 radical (unpaired) electrons. The first-order chi connectivity index (χ1) is 9.25. The van der Waals surface area contributed by atoms with E-state index in [4.69, 9.17) is 16.3 Å². The number of hydrogen-bond acceptors (Lipinski definition) is 3. The van der Waals surface area contributed by atoms with E-state index in [2.05, 4.69) is 4.98 Å². The Morgan fingerprint density at radius 1 is 1.50 bits per heavy atom. The van der Waals surface area contributed by atoms with Gasteiger partial charge in [-0.05, 0) is 19.4 Å². The molecule has 112 valence electrons. The van der Waals surface area contributed by atoms with E-state index in [0.717, 1.165) is 18.7 Å². The van der Waals surface area contributed by atoms with Crippen molar-refractivity contribution < 1.29 is 17.9 Å². The van der Waals surface area contributed by atoms with Crippen LogP contribution in [0.3, 0.4) is 0 Å². The van der Waals surface area contributed by atoms with Gasteiger partial charge in [0.05, 0.1) is 22.8 Å². The zero-order valence-electron chi connectivity index (χ0n) is 11.3. The van der Waals surface area contributed by atoms with Crippen LogP contribution in [0.2, 0.25) is 5.02 Å². The Bertz CT molecular complexity index is 495. The standard InChI is InChI=1S/C13H16ClF3N2O/c1-3-12(2)8-19(4-5-20-12)11-10(14)6-9(7-18-11)13(15,16)17/h6-7H,3-5,8H2,1-2H3. The van der Waals surface area contributed by atoms with Gasteiger partial charge in [-0.15, -0.1) is 0 Å². The molecule has 0 spiro atoms. The summed E-state index contributed by atoms with van der Waals surface area (Å²) in [7, 11) is 0. The minimum atomic E-state index is -4.43. The number of halogens is 4. The molecule has 1 aromatic rings. The zero-order valence-corrected chi connectivity index (χ0v) is 12.1. The van der Waals surface area contributed by atoms with Crippen LogP contribution in [0, 0.1) is 0 Å². The molecule has 1 fully saturated rings. The normalized spacial score (nSPS) is 24.0. The number of aromatic nitrogens is 1. The molecule has 1 saturated heterocycles. The molecule has 3 nitrogen and oxygen atoms in total. The van der Waals surface area contributed by atoms with Crippen LogP contribution in [0.4, 0.5) is 19.0 Å². The Kier molecular flexibility index (Phi) is 4.16. The van der Waals surface area contributed by atoms with Gasteiger partial charge in [0.15, 0.2) is 0 Å². The van der Waals surface area contributed by atoms with Crippen molar-refractivity contribution in [2.75, 3.05) is 24.6 Å². The average Bonchev–Trinajstić information content (AvgIpc) is 2.37. The second-order valence-electron chi connectivity index (χ2n) is 5.10. The van der Waals surface area contributed by atoms with Crippen molar-refractivity contribution in [1.82, 2.24) is 4.98 Å². The van der Waals surface area contributed by atoms with E-state index >= 15 is 0 Å². The number of pyridine rings is 1. The molecular weight excluding hydrogens is 293 g/mol. The van der Waals surface area contributed by atoms with Gasteiger partial charge in [0.2, 0.25) is 0 Å². The summed E-state index contributed by atoms with van der Waals surface area (Å²) in [5.41, 5.74) is -1.16. The first-order valence-corrected chi connectivity index (χ1v) is 6.74. The SMILES string of the molecule is CCC1(C)CN(c2ncc(C(F)(F)F)cc2Cl)CCO1. The molecule has 7 heteroatoms. The molecule has 2 rings (SSSR count). The van der Waals surface area contributed by atoms with Crippen molar-refractivity contribution in [3.63, 3.8) is 0 Å². The molecule has 1 aliphatic heterocycles. The maximum absolute atomic E-state index is 12.6. The lowest BCUT2D eigenvalue weighted by atomic mass is 10.0. The molecule has 20 heavy (non-hydrogen) atoms. The summed E-state index contributed by atoms with van der Waals surface area (Å²) >= 11 is 5.96. The summed E-state index contributed by atoms with van der Waals surface area (Å²) in [6.45, 7) is 5.60. The molecule has 0 aromatic carbocycles. The summed E-state index contributed by atoms with van der Waals surface area (Å²) in [6.07, 6.45) is -2.81. The Labute approximate surface area is 120 Å². The van der Waals surface area contributed by atoms with Gasteiger partial charge in [0, 0.05) is 19.3 Å². The third kappa shape index (κ3) is 3.17. The molecule has 0 aliphatic carbocycles. The van der Waals surface area contributed by atoms with Crippen molar-refractivity contribution in [3.05, 3.63) is 22.8 Å². The molecule has 1 atom stereocenters. The molecule has 2 heterocycles. The Morgan fingerprint density at radius 2 is 2.20 bits per heavy atom. The zero-order chi connectivity index (χ0) is 15.0. The van der Waals surface area contributed by atoms with E-state index in [0.29, 0.717) is 25.5 Å². The Morgan fingerprint density at radius 3 is 2.75 bits per heavy atom. The van der Waals surface area contributed by atoms with Gasteiger partial charge in [-0.3, -0.25) is 0 Å². The second kappa shape index (κ2) is 5.41. The Hall–Kier alpha value is -1.01. The number of ether oxygens (including phenoxy) is 1. The van der Waals surface area contributed by atoms with Crippen LogP contribution in [-0.4, -0.2) is 30.3 Å². The predicted octanol–water partition coefficient (Wildman–Crippen LogP) is 3.76. The lowest BCUT2D eigenvalue weighted by Crippen LogP contribution is -2.50. The molecule has 1 aromatic heterocycles. The lowest BCUT2D eigenvalue weighted by molar-refractivity contribution is -0.137. The second-order valence-corrected chi connectivity index (χ2v) is 5.51. The number of hydrogen-bond donors (Lipinski definition) is 0. The number of alkyl halides is 3. The molecule has 0 bridgehead atoms. The van der Waals surface area contributed by atoms with Crippen LogP contribution >= 0.6 is 11.6 Å². The monoisotopic (exact) mass is 308 g/mol. The summed E-state index contributed by atoms with van der Waals surface area (Å²) in [5, 5.41) is 0.0141. The van der Waals surface area contributed by atoms with E-state index in [1.807, 2.05) is 18.7 Å². The van der Waals surface area contributed by atoms with Gasteiger partial charge in [0.25, 0.3) is 0 Å². The number of morpholine rings is 1. The van der Waals surface area contributed by atoms with Gasteiger partial charge in [-0.25, -0.2) is 4.98 Å². The third-order valence-corrected chi connectivity index (χ3v) is 3.81. The maximum Gasteiger partial charge on any atom is 0.417 e. The van der Waals surface area contributed by atoms with E-state index in [1.54, 1.807) is 0 Å². The highest BCUT2D eigenvalue weighted by molar-refractivity contribution is 6.33. The highest BCUT2D eigenvalue weighted by atomic mass is 35.5. The van der Waals surface area contributed by atoms with Crippen molar-refractivity contribution >= 4 is 17.4 Å². The fourth-order valence-corrected chi connectivity index (χ4v) is 2.43. The quantitative estimate of drug-likeness (QED) is 0.832. The summed E-state index contributed by atoms with van der Waals surface area (Å²) < 4.78 is 43.5. The van der Waals surface area contributed by atoms with E-state index in [1.165, 1.54) is 0 Å². The molecular formula is C13H16ClF3N2O. The average molecular weight is 309 g/mol. The van der Waals surface area contributed by atoms with Gasteiger partial charge in [-0.1, -0.05) is 18.5 Å². The predicted molar refractivity (Wildman–Crippen MR) is 71.1 cm³/mol. The highest BCUT2D eigenvalue weighted by Gasteiger charge is 2.34. The summed E-state index contributed by atoms with van der Waals surface area (Å²) in [4.78, 5) is 5.76. The number of anilines is 1. The van der Waals surface area contributed by atoms with E-state index in [9.17, 15) is 13.2 Å². The lowest BCUT2D eigenvalue weighted by Gasteiger charge is -2.40. The van der Waals surface area contributed by atoms with Crippen molar-refractivity contribution in [2.24, 2.45) is 0 Å². The van der Waals surface area contributed by atoms with Gasteiger partial charge >= 0.3 is 6.18 Å². The first-order valence-electron chi connectivity index (χ1n) is 6.37. The fourth-order valence-electron chi connectivity index (χ4n) is 2.14. The van der Waals surface area contributed by atoms with Crippen molar-refractivity contribution in [2.45, 2.75) is 32.0 Å². The van der Waals surface area contributed by atoms with Gasteiger partial charge in [0.1, 0.15) is 5.82 Å². The number of nitrogens with zero attached hydrogens (tertiary/aromatic N) is 2. The molecule has 0 amide bonds. The largest absolute Gasteiger partial charge is 0.417 e. The highest BCUT2D eigenvalue weighted by Crippen LogP contribution is 2.34. The molecule has 1 aliphatic rings. The van der Waals surface area contributed by atoms with Crippen LogP contribution in [0.1, 0.15) is 25.8 Å². The van der Waals surface area contributed by atoms with Crippen LogP contribution in [0.5, 0.6) is 0 Å². The van der Waals surface area contributed by atoms with Crippen molar-refractivity contribution in [1.29, 1.82) is 0 Å². The van der Waals surface area contributed by atoms with E-state index in [-0.39, 0.29) is 10.6 Å². The minimum absolute atomic E-state index is 0.0141. The minimum Gasteiger partial charge on any atom is -0.372 e.